The molecule has 0 radical (unpaired) electrons. The first-order chi connectivity index (χ1) is 19.1. The highest BCUT2D eigenvalue weighted by molar-refractivity contribution is 5.65. The van der Waals surface area contributed by atoms with E-state index in [1.807, 2.05) is 18.2 Å². The summed E-state index contributed by atoms with van der Waals surface area (Å²) in [6.07, 6.45) is 5.71. The van der Waals surface area contributed by atoms with Crippen LogP contribution in [0.3, 0.4) is 0 Å². The molecule has 3 aliphatic rings. The Hall–Kier alpha value is -2.24. The van der Waals surface area contributed by atoms with E-state index in [9.17, 15) is 17.6 Å². The monoisotopic (exact) mass is 562 g/mol. The molecular formula is C34H40F6. The normalized spacial score (nSPS) is 30.3. The van der Waals surface area contributed by atoms with E-state index in [0.717, 1.165) is 62.8 Å². The van der Waals surface area contributed by atoms with Gasteiger partial charge in [0, 0.05) is 11.5 Å². The number of rotatable bonds is 5. The van der Waals surface area contributed by atoms with Crippen molar-refractivity contribution in [2.75, 3.05) is 0 Å². The Morgan fingerprint density at radius 1 is 0.700 bits per heavy atom. The van der Waals surface area contributed by atoms with Crippen molar-refractivity contribution in [2.45, 2.75) is 102 Å². The molecule has 6 heteroatoms. The van der Waals surface area contributed by atoms with Gasteiger partial charge in [0.05, 0.1) is 6.08 Å². The van der Waals surface area contributed by atoms with Crippen molar-refractivity contribution < 1.29 is 26.3 Å². The molecule has 0 heterocycles. The summed E-state index contributed by atoms with van der Waals surface area (Å²) in [4.78, 5) is 0. The summed E-state index contributed by atoms with van der Waals surface area (Å²) < 4.78 is 81.9. The van der Waals surface area contributed by atoms with Gasteiger partial charge in [-0.3, -0.25) is 0 Å². The molecule has 0 bridgehead atoms. The van der Waals surface area contributed by atoms with Crippen molar-refractivity contribution in [3.05, 3.63) is 71.1 Å². The molecular weight excluding hydrogens is 522 g/mol. The molecule has 5 rings (SSSR count). The summed E-state index contributed by atoms with van der Waals surface area (Å²) in [7, 11) is 0. The van der Waals surface area contributed by atoms with Gasteiger partial charge in [-0.25, -0.2) is 13.2 Å². The van der Waals surface area contributed by atoms with Crippen LogP contribution in [0.2, 0.25) is 0 Å². The van der Waals surface area contributed by atoms with Gasteiger partial charge in [0.15, 0.2) is 0 Å². The van der Waals surface area contributed by atoms with Crippen LogP contribution in [0.5, 0.6) is 0 Å². The third-order valence-corrected chi connectivity index (χ3v) is 10.1. The molecule has 3 aliphatic carbocycles. The summed E-state index contributed by atoms with van der Waals surface area (Å²) >= 11 is 0. The fraction of sp³-hybridized carbons (Fsp3) is 0.588. The van der Waals surface area contributed by atoms with Gasteiger partial charge in [-0.2, -0.15) is 13.2 Å². The molecule has 0 N–H and O–H groups in total. The quantitative estimate of drug-likeness (QED) is 0.318. The van der Waals surface area contributed by atoms with Gasteiger partial charge in [-0.15, -0.1) is 0 Å². The first kappa shape index (κ1) is 29.3. The molecule has 0 amide bonds. The van der Waals surface area contributed by atoms with Crippen LogP contribution in [0.15, 0.2) is 48.3 Å². The minimum absolute atomic E-state index is 0.106. The molecule has 0 spiro atoms. The number of alkyl halides is 3. The minimum atomic E-state index is -4.61. The topological polar surface area (TPSA) is 0 Å². The van der Waals surface area contributed by atoms with Gasteiger partial charge in [0.25, 0.3) is 0 Å². The molecule has 0 atom stereocenters. The predicted octanol–water partition coefficient (Wildman–Crippen LogP) is 11.4. The Kier molecular flexibility index (Phi) is 9.01. The van der Waals surface area contributed by atoms with Gasteiger partial charge in [-0.05, 0) is 123 Å². The molecule has 2 aromatic carbocycles. The van der Waals surface area contributed by atoms with Crippen LogP contribution in [0.4, 0.5) is 26.3 Å². The highest BCUT2D eigenvalue weighted by atomic mass is 19.4. The second kappa shape index (κ2) is 12.3. The number of allylic oxidation sites excluding steroid dienone is 2. The summed E-state index contributed by atoms with van der Waals surface area (Å²) in [6.45, 7) is 2.27. The zero-order valence-corrected chi connectivity index (χ0v) is 23.3. The fourth-order valence-corrected chi connectivity index (χ4v) is 7.68. The van der Waals surface area contributed by atoms with Crippen LogP contribution in [0.25, 0.3) is 11.1 Å². The Morgan fingerprint density at radius 3 is 1.88 bits per heavy atom. The Morgan fingerprint density at radius 2 is 1.30 bits per heavy atom. The smallest absolute Gasteiger partial charge is 0.212 e. The molecule has 0 aliphatic heterocycles. The largest absolute Gasteiger partial charge is 0.412 e. The van der Waals surface area contributed by atoms with E-state index in [-0.39, 0.29) is 23.6 Å². The predicted molar refractivity (Wildman–Crippen MR) is 148 cm³/mol. The fourth-order valence-electron chi connectivity index (χ4n) is 7.68. The molecule has 3 saturated carbocycles. The maximum Gasteiger partial charge on any atom is 0.412 e. The standard InChI is InChI=1S/C34H40F6/c1-21-2-4-24(5-3-21)27-14-16-30(31(35)18-27)28-15-17-29(32(36)19-28)25-10-6-22(7-11-25)23-8-12-26(13-9-23)33(37)20-34(38,39)40/h14-26H,2-13H2,1H3/b33-20-. The van der Waals surface area contributed by atoms with Gasteiger partial charge >= 0.3 is 6.18 Å². The second-order valence-corrected chi connectivity index (χ2v) is 12.7. The summed E-state index contributed by atoms with van der Waals surface area (Å²) in [6, 6.07) is 10.5. The number of hydrogen-bond acceptors (Lipinski definition) is 0. The Bertz CT molecular complexity index is 1170. The molecule has 2 aromatic rings. The van der Waals surface area contributed by atoms with Crippen LogP contribution >= 0.6 is 0 Å². The third kappa shape index (κ3) is 6.97. The van der Waals surface area contributed by atoms with E-state index >= 15 is 8.78 Å². The van der Waals surface area contributed by atoms with Gasteiger partial charge in [0.1, 0.15) is 17.5 Å². The van der Waals surface area contributed by atoms with Crippen molar-refractivity contribution in [2.24, 2.45) is 23.7 Å². The Labute approximate surface area is 234 Å². The SMILES string of the molecule is CC1CCC(c2ccc(-c3ccc(C4CCC(C5CCC(/C(F)=C/C(F)(F)F)CC5)CC4)c(F)c3)c(F)c2)CC1. The molecule has 0 aromatic heterocycles. The zero-order chi connectivity index (χ0) is 28.4. The number of halogens is 6. The van der Waals surface area contributed by atoms with E-state index in [0.29, 0.717) is 47.3 Å². The molecule has 3 fully saturated rings. The minimum Gasteiger partial charge on any atom is -0.212 e. The molecule has 0 nitrogen and oxygen atoms in total. The maximum atomic E-state index is 15.3. The lowest BCUT2D eigenvalue weighted by atomic mass is 9.68. The highest BCUT2D eigenvalue weighted by Gasteiger charge is 2.34. The van der Waals surface area contributed by atoms with E-state index in [4.69, 9.17) is 0 Å². The average molecular weight is 563 g/mol. The first-order valence-electron chi connectivity index (χ1n) is 15.1. The first-order valence-corrected chi connectivity index (χ1v) is 15.1. The van der Waals surface area contributed by atoms with Gasteiger partial charge < -0.3 is 0 Å². The lowest BCUT2D eigenvalue weighted by molar-refractivity contribution is -0.0821. The van der Waals surface area contributed by atoms with Crippen LogP contribution in [0.1, 0.15) is 107 Å². The van der Waals surface area contributed by atoms with E-state index < -0.39 is 17.9 Å². The van der Waals surface area contributed by atoms with Crippen molar-refractivity contribution in [1.82, 2.24) is 0 Å². The maximum absolute atomic E-state index is 15.3. The van der Waals surface area contributed by atoms with E-state index in [2.05, 4.69) is 6.92 Å². The van der Waals surface area contributed by atoms with Crippen molar-refractivity contribution >= 4 is 0 Å². The average Bonchev–Trinajstić information content (AvgIpc) is 2.93. The summed E-state index contributed by atoms with van der Waals surface area (Å²) in [5, 5.41) is 0. The van der Waals surface area contributed by atoms with Crippen LogP contribution in [-0.4, -0.2) is 6.18 Å². The molecule has 0 saturated heterocycles. The molecule has 218 valence electrons. The van der Waals surface area contributed by atoms with Crippen LogP contribution in [0, 0.1) is 35.3 Å². The van der Waals surface area contributed by atoms with Crippen LogP contribution in [-0.2, 0) is 0 Å². The van der Waals surface area contributed by atoms with Gasteiger partial charge in [0.2, 0.25) is 0 Å². The lowest BCUT2D eigenvalue weighted by Crippen LogP contribution is -2.26. The van der Waals surface area contributed by atoms with E-state index in [1.54, 1.807) is 12.1 Å². The lowest BCUT2D eigenvalue weighted by Gasteiger charge is -2.37. The van der Waals surface area contributed by atoms with E-state index in [1.165, 1.54) is 18.9 Å². The molecule has 0 unspecified atom stereocenters. The van der Waals surface area contributed by atoms with Crippen molar-refractivity contribution in [3.63, 3.8) is 0 Å². The number of benzene rings is 2. The number of hydrogen-bond donors (Lipinski definition) is 0. The van der Waals surface area contributed by atoms with Gasteiger partial charge in [-0.1, -0.05) is 44.0 Å². The molecule has 40 heavy (non-hydrogen) atoms. The summed E-state index contributed by atoms with van der Waals surface area (Å²) in [5.41, 5.74) is 2.70. The van der Waals surface area contributed by atoms with Crippen molar-refractivity contribution in [3.8, 4) is 11.1 Å². The zero-order valence-electron chi connectivity index (χ0n) is 23.3. The third-order valence-electron chi connectivity index (χ3n) is 10.1. The van der Waals surface area contributed by atoms with Crippen LogP contribution < -0.4 is 0 Å². The Balaban J connectivity index is 1.16. The van der Waals surface area contributed by atoms with Crippen molar-refractivity contribution in [1.29, 1.82) is 0 Å². The second-order valence-electron chi connectivity index (χ2n) is 12.7. The highest BCUT2D eigenvalue weighted by Crippen LogP contribution is 2.46. The summed E-state index contributed by atoms with van der Waals surface area (Å²) in [5.74, 6) is -0.167.